The third-order valence-electron chi connectivity index (χ3n) is 1.46. The molecule has 1 N–H and O–H groups in total. The highest BCUT2D eigenvalue weighted by Crippen LogP contribution is 2.04. The van der Waals surface area contributed by atoms with Crippen molar-refractivity contribution in [2.24, 2.45) is 0 Å². The molecule has 0 saturated heterocycles. The predicted octanol–water partition coefficient (Wildman–Crippen LogP) is 0.237. The summed E-state index contributed by atoms with van der Waals surface area (Å²) in [6, 6.07) is 0. The maximum absolute atomic E-state index is 11.1. The summed E-state index contributed by atoms with van der Waals surface area (Å²) >= 11 is 1.39. The molecule has 0 heterocycles. The molecule has 1 unspecified atom stereocenters. The summed E-state index contributed by atoms with van der Waals surface area (Å²) in [6.07, 6.45) is 1.78. The molecule has 0 amide bonds. The molecule has 0 aromatic heterocycles. The van der Waals surface area contributed by atoms with Crippen molar-refractivity contribution in [3.05, 3.63) is 0 Å². The fourth-order valence-electron chi connectivity index (χ4n) is 0.530. The molecule has 72 valence electrons. The Bertz CT molecular complexity index is 244. The van der Waals surface area contributed by atoms with Crippen LogP contribution >= 0.6 is 11.8 Å². The minimum Gasteiger partial charge on any atom is -0.480 e. The van der Waals surface area contributed by atoms with Gasteiger partial charge in [-0.05, 0) is 13.2 Å². The summed E-state index contributed by atoms with van der Waals surface area (Å²) in [5.41, 5.74) is 0. The zero-order valence-corrected chi connectivity index (χ0v) is 8.61. The van der Waals surface area contributed by atoms with Crippen molar-refractivity contribution in [1.29, 1.82) is 0 Å². The van der Waals surface area contributed by atoms with Crippen molar-refractivity contribution < 1.29 is 18.3 Å². The van der Waals surface area contributed by atoms with Crippen LogP contribution in [-0.2, 0) is 14.6 Å². The lowest BCUT2D eigenvalue weighted by atomic mass is 10.5. The van der Waals surface area contributed by atoms with Gasteiger partial charge in [-0.15, -0.1) is 0 Å². The Kier molecular flexibility index (Phi) is 4.62. The first-order valence-electron chi connectivity index (χ1n) is 3.35. The highest BCUT2D eigenvalue weighted by molar-refractivity contribution is 8.00. The first-order valence-corrected chi connectivity index (χ1v) is 6.46. The molecule has 0 bridgehead atoms. The van der Waals surface area contributed by atoms with Crippen LogP contribution in [0.5, 0.6) is 0 Å². The van der Waals surface area contributed by atoms with Crippen LogP contribution in [0.2, 0.25) is 0 Å². The highest BCUT2D eigenvalue weighted by atomic mass is 32.2. The van der Waals surface area contributed by atoms with Gasteiger partial charge in [0.1, 0.15) is 0 Å². The Hall–Kier alpha value is -0.230. The van der Waals surface area contributed by atoms with Crippen molar-refractivity contribution >= 4 is 27.6 Å². The van der Waals surface area contributed by atoms with Crippen LogP contribution in [0.25, 0.3) is 0 Å². The molecule has 0 aliphatic rings. The summed E-state index contributed by atoms with van der Waals surface area (Å²) in [4.78, 5) is 10.3. The summed E-state index contributed by atoms with van der Waals surface area (Å²) in [7, 11) is -3.44. The number of carbonyl (C=O) groups is 1. The lowest BCUT2D eigenvalue weighted by Gasteiger charge is -2.06. The Balaban J connectivity index is 4.31. The molecule has 0 saturated carbocycles. The van der Waals surface area contributed by atoms with Crippen LogP contribution in [0, 0.1) is 0 Å². The lowest BCUT2D eigenvalue weighted by Crippen LogP contribution is -2.29. The molecule has 0 spiro atoms. The van der Waals surface area contributed by atoms with Crippen LogP contribution < -0.4 is 0 Å². The molecule has 0 fully saturated rings. The van der Waals surface area contributed by atoms with E-state index in [1.807, 2.05) is 0 Å². The van der Waals surface area contributed by atoms with Gasteiger partial charge in [-0.3, -0.25) is 4.79 Å². The number of hydrogen-bond donors (Lipinski definition) is 1. The van der Waals surface area contributed by atoms with E-state index in [0.29, 0.717) is 5.75 Å². The van der Waals surface area contributed by atoms with Gasteiger partial charge in [-0.1, -0.05) is 0 Å². The number of aliphatic carboxylic acids is 1. The van der Waals surface area contributed by atoms with E-state index in [1.54, 1.807) is 6.26 Å². The zero-order valence-electron chi connectivity index (χ0n) is 6.98. The molecular weight excluding hydrogens is 200 g/mol. The summed E-state index contributed by atoms with van der Waals surface area (Å²) in [6.45, 7) is 1.19. The number of carboxylic acid groups (broad SMARTS) is 1. The Labute approximate surface area is 76.3 Å². The van der Waals surface area contributed by atoms with Gasteiger partial charge in [0.15, 0.2) is 15.1 Å². The molecule has 0 aromatic rings. The molecule has 0 aliphatic carbocycles. The van der Waals surface area contributed by atoms with Gasteiger partial charge in [0.25, 0.3) is 0 Å². The van der Waals surface area contributed by atoms with Crippen LogP contribution in [0.1, 0.15) is 6.92 Å². The number of thioether (sulfide) groups is 1. The van der Waals surface area contributed by atoms with E-state index < -0.39 is 21.1 Å². The number of hydrogen-bond acceptors (Lipinski definition) is 4. The van der Waals surface area contributed by atoms with Crippen LogP contribution in [0.4, 0.5) is 0 Å². The maximum Gasteiger partial charge on any atom is 0.321 e. The van der Waals surface area contributed by atoms with E-state index in [4.69, 9.17) is 5.11 Å². The van der Waals surface area contributed by atoms with E-state index >= 15 is 0 Å². The average molecular weight is 212 g/mol. The van der Waals surface area contributed by atoms with Gasteiger partial charge in [0.2, 0.25) is 0 Å². The minimum atomic E-state index is -3.44. The van der Waals surface area contributed by atoms with Gasteiger partial charge >= 0.3 is 5.97 Å². The van der Waals surface area contributed by atoms with Crippen LogP contribution in [-0.4, -0.2) is 42.5 Å². The van der Waals surface area contributed by atoms with Gasteiger partial charge < -0.3 is 5.11 Å². The van der Waals surface area contributed by atoms with Gasteiger partial charge in [0.05, 0.1) is 5.75 Å². The Morgan fingerprint density at radius 3 is 2.42 bits per heavy atom. The minimum absolute atomic E-state index is 0.0678. The van der Waals surface area contributed by atoms with Gasteiger partial charge in [0, 0.05) is 5.75 Å². The molecule has 0 radical (unpaired) electrons. The van der Waals surface area contributed by atoms with Crippen LogP contribution in [0.3, 0.4) is 0 Å². The molecule has 12 heavy (non-hydrogen) atoms. The van der Waals surface area contributed by atoms with E-state index in [1.165, 1.54) is 18.7 Å². The summed E-state index contributed by atoms with van der Waals surface area (Å²) in [5.74, 6) is -0.905. The van der Waals surface area contributed by atoms with Gasteiger partial charge in [-0.2, -0.15) is 11.8 Å². The van der Waals surface area contributed by atoms with E-state index in [2.05, 4.69) is 0 Å². The third kappa shape index (κ3) is 3.44. The number of carboxylic acids is 1. The summed E-state index contributed by atoms with van der Waals surface area (Å²) < 4.78 is 22.3. The monoisotopic (exact) mass is 212 g/mol. The highest BCUT2D eigenvalue weighted by Gasteiger charge is 2.26. The molecular formula is C6H12O4S2. The smallest absolute Gasteiger partial charge is 0.321 e. The molecule has 1 atom stereocenters. The quantitative estimate of drug-likeness (QED) is 0.706. The second kappa shape index (κ2) is 4.71. The molecule has 0 rings (SSSR count). The maximum atomic E-state index is 11.1. The Morgan fingerprint density at radius 2 is 2.08 bits per heavy atom. The number of sulfone groups is 1. The normalized spacial score (nSPS) is 14.2. The SMILES string of the molecule is CSCCS(=O)(=O)C(C)C(=O)O. The van der Waals surface area contributed by atoms with Crippen molar-refractivity contribution in [3.8, 4) is 0 Å². The van der Waals surface area contributed by atoms with Gasteiger partial charge in [-0.25, -0.2) is 8.42 Å². The first kappa shape index (κ1) is 11.8. The molecule has 0 aromatic carbocycles. The Morgan fingerprint density at radius 1 is 1.58 bits per heavy atom. The second-order valence-electron chi connectivity index (χ2n) is 2.34. The first-order chi connectivity index (χ1) is 5.41. The van der Waals surface area contributed by atoms with E-state index in [9.17, 15) is 13.2 Å². The predicted molar refractivity (Wildman–Crippen MR) is 49.3 cm³/mol. The van der Waals surface area contributed by atoms with Crippen molar-refractivity contribution in [1.82, 2.24) is 0 Å². The van der Waals surface area contributed by atoms with E-state index in [0.717, 1.165) is 0 Å². The fourth-order valence-corrected chi connectivity index (χ4v) is 2.79. The largest absolute Gasteiger partial charge is 0.480 e. The number of rotatable bonds is 5. The second-order valence-corrected chi connectivity index (χ2v) is 5.77. The topological polar surface area (TPSA) is 71.4 Å². The lowest BCUT2D eigenvalue weighted by molar-refractivity contribution is -0.136. The van der Waals surface area contributed by atoms with Crippen molar-refractivity contribution in [2.45, 2.75) is 12.2 Å². The average Bonchev–Trinajstić information content (AvgIpc) is 1.99. The fraction of sp³-hybridized carbons (Fsp3) is 0.833. The van der Waals surface area contributed by atoms with Crippen LogP contribution in [0.15, 0.2) is 0 Å². The van der Waals surface area contributed by atoms with Crippen molar-refractivity contribution in [3.63, 3.8) is 0 Å². The third-order valence-corrected chi connectivity index (χ3v) is 4.38. The zero-order chi connectivity index (χ0) is 9.78. The van der Waals surface area contributed by atoms with E-state index in [-0.39, 0.29) is 5.75 Å². The molecule has 4 nitrogen and oxygen atoms in total. The van der Waals surface area contributed by atoms with Crippen molar-refractivity contribution in [2.75, 3.05) is 17.8 Å². The summed E-state index contributed by atoms with van der Waals surface area (Å²) in [5, 5.41) is 7.14. The molecule has 6 heteroatoms. The molecule has 0 aliphatic heterocycles. The standard InChI is InChI=1S/C6H12O4S2/c1-5(6(7)8)12(9,10)4-3-11-2/h5H,3-4H2,1-2H3,(H,7,8).